The molecule has 2 heterocycles. The van der Waals surface area contributed by atoms with E-state index in [2.05, 4.69) is 28.2 Å². The maximum atomic E-state index is 12.7. The predicted molar refractivity (Wildman–Crippen MR) is 107 cm³/mol. The summed E-state index contributed by atoms with van der Waals surface area (Å²) in [6.07, 6.45) is 2.89. The minimum atomic E-state index is -0.747. The quantitative estimate of drug-likeness (QED) is 0.453. The fourth-order valence-corrected chi connectivity index (χ4v) is 5.00. The number of rotatable bonds is 8. The molecule has 0 aliphatic carbocycles. The highest BCUT2D eigenvalue weighted by atomic mass is 32.2. The van der Waals surface area contributed by atoms with E-state index in [-0.39, 0.29) is 29.4 Å². The van der Waals surface area contributed by atoms with E-state index in [9.17, 15) is 14.4 Å². The largest absolute Gasteiger partial charge is 0.450 e. The summed E-state index contributed by atoms with van der Waals surface area (Å²) in [7, 11) is 1.61. The number of hydrogen-bond acceptors (Lipinski definition) is 8. The van der Waals surface area contributed by atoms with Crippen LogP contribution in [0.4, 0.5) is 4.79 Å². The number of amides is 3. The Bertz CT molecular complexity index is 542. The molecule has 0 saturated carbocycles. The Hall–Kier alpha value is -1.36. The lowest BCUT2D eigenvalue weighted by molar-refractivity contribution is -0.126. The average Bonchev–Trinajstić information content (AvgIpc) is 3.09. The van der Waals surface area contributed by atoms with Crippen molar-refractivity contribution in [2.24, 2.45) is 5.92 Å². The lowest BCUT2D eigenvalue weighted by atomic mass is 9.99. The number of unbranched alkanes of at least 4 members (excludes halogenated alkanes) is 1. The molecule has 4 N–H and O–H groups in total. The van der Waals surface area contributed by atoms with Gasteiger partial charge in [0.05, 0.1) is 23.9 Å². The monoisotopic (exact) mass is 416 g/mol. The fourth-order valence-electron chi connectivity index (χ4n) is 3.36. The van der Waals surface area contributed by atoms with E-state index in [0.29, 0.717) is 19.5 Å². The van der Waals surface area contributed by atoms with Gasteiger partial charge in [0.1, 0.15) is 6.23 Å². The number of thioether (sulfide) groups is 1. The van der Waals surface area contributed by atoms with Gasteiger partial charge in [0.15, 0.2) is 0 Å². The van der Waals surface area contributed by atoms with Crippen LogP contribution in [-0.4, -0.2) is 67.6 Å². The molecule has 2 fully saturated rings. The molecule has 160 valence electrons. The predicted octanol–water partition coefficient (Wildman–Crippen LogP) is 0.547. The molecule has 0 aromatic carbocycles. The van der Waals surface area contributed by atoms with Crippen LogP contribution in [0.5, 0.6) is 0 Å². The third kappa shape index (κ3) is 6.61. The molecule has 2 saturated heterocycles. The van der Waals surface area contributed by atoms with Crippen LogP contribution < -0.4 is 21.3 Å². The lowest BCUT2D eigenvalue weighted by Crippen LogP contribution is -2.61. The molecule has 0 bridgehead atoms. The van der Waals surface area contributed by atoms with Crippen molar-refractivity contribution in [1.29, 1.82) is 0 Å². The van der Waals surface area contributed by atoms with Gasteiger partial charge in [-0.05, 0) is 19.8 Å². The molecule has 2 aliphatic rings. The molecule has 0 radical (unpaired) electrons. The number of nitrogens with one attached hydrogen (secondary N) is 4. The van der Waals surface area contributed by atoms with Crippen LogP contribution in [0.15, 0.2) is 0 Å². The van der Waals surface area contributed by atoms with Gasteiger partial charge in [0.2, 0.25) is 11.8 Å². The Kier molecular flexibility index (Phi) is 9.49. The van der Waals surface area contributed by atoms with Crippen LogP contribution >= 0.6 is 11.8 Å². The van der Waals surface area contributed by atoms with Crippen LogP contribution in [0.25, 0.3) is 0 Å². The van der Waals surface area contributed by atoms with Crippen LogP contribution in [0.3, 0.4) is 0 Å². The smallest absolute Gasteiger partial charge is 0.413 e. The summed E-state index contributed by atoms with van der Waals surface area (Å²) in [4.78, 5) is 36.9. The Balaban J connectivity index is 1.95. The van der Waals surface area contributed by atoms with Gasteiger partial charge in [-0.15, -0.1) is 11.8 Å². The summed E-state index contributed by atoms with van der Waals surface area (Å²) < 4.78 is 10.0. The van der Waals surface area contributed by atoms with Crippen LogP contribution in [0, 0.1) is 5.92 Å². The van der Waals surface area contributed by atoms with Gasteiger partial charge in [-0.3, -0.25) is 20.2 Å². The number of carbonyl (C=O) groups excluding carboxylic acids is 3. The third-order valence-electron chi connectivity index (χ3n) is 4.92. The highest BCUT2D eigenvalue weighted by Gasteiger charge is 2.41. The van der Waals surface area contributed by atoms with Crippen molar-refractivity contribution in [3.63, 3.8) is 0 Å². The standard InChI is InChI=1S/C18H32N4O5S/c1-4-6-7-11-8-12(15(23)22-18(25)27-5-2)17(28-11)21-16(24)13-9-20-14(26-3)10-19-13/h11-14,17,19-20H,4-10H2,1-3H3,(H,21,24)(H,22,23,25). The number of hydrogen-bond donors (Lipinski definition) is 4. The first-order valence-electron chi connectivity index (χ1n) is 9.91. The molecule has 0 aromatic heterocycles. The number of imide groups is 1. The summed E-state index contributed by atoms with van der Waals surface area (Å²) >= 11 is 1.61. The van der Waals surface area contributed by atoms with Crippen LogP contribution in [0.2, 0.25) is 0 Å². The molecule has 5 atom stereocenters. The van der Waals surface area contributed by atoms with Gasteiger partial charge in [-0.2, -0.15) is 0 Å². The molecule has 10 heteroatoms. The van der Waals surface area contributed by atoms with Crippen molar-refractivity contribution >= 4 is 29.7 Å². The van der Waals surface area contributed by atoms with E-state index in [1.54, 1.807) is 25.8 Å². The number of carbonyl (C=O) groups is 3. The second-order valence-electron chi connectivity index (χ2n) is 6.97. The van der Waals surface area contributed by atoms with Gasteiger partial charge in [0.25, 0.3) is 0 Å². The lowest BCUT2D eigenvalue weighted by Gasteiger charge is -2.30. The zero-order chi connectivity index (χ0) is 20.5. The maximum absolute atomic E-state index is 12.7. The first-order chi connectivity index (χ1) is 13.5. The first-order valence-corrected chi connectivity index (χ1v) is 10.9. The van der Waals surface area contributed by atoms with Gasteiger partial charge < -0.3 is 20.1 Å². The van der Waals surface area contributed by atoms with Gasteiger partial charge in [0, 0.05) is 25.4 Å². The molecule has 2 rings (SSSR count). The molecule has 3 amide bonds. The van der Waals surface area contributed by atoms with Crippen LogP contribution in [-0.2, 0) is 19.1 Å². The SMILES string of the molecule is CCCCC1CC(C(=O)NC(=O)OCC)C(NC(=O)C2CNC(OC)CN2)S1. The molecular formula is C18H32N4O5S. The summed E-state index contributed by atoms with van der Waals surface area (Å²) in [5.74, 6) is -1.03. The Morgan fingerprint density at radius 2 is 1.93 bits per heavy atom. The molecular weight excluding hydrogens is 384 g/mol. The van der Waals surface area contributed by atoms with E-state index in [1.807, 2.05) is 0 Å². The van der Waals surface area contributed by atoms with Crippen molar-refractivity contribution < 1.29 is 23.9 Å². The zero-order valence-corrected chi connectivity index (χ0v) is 17.6. The van der Waals surface area contributed by atoms with Gasteiger partial charge >= 0.3 is 6.09 Å². The van der Waals surface area contributed by atoms with Gasteiger partial charge in [-0.25, -0.2) is 4.79 Å². The topological polar surface area (TPSA) is 118 Å². The number of alkyl carbamates (subject to hydrolysis) is 1. The van der Waals surface area contributed by atoms with E-state index >= 15 is 0 Å². The Labute approximate surface area is 170 Å². The maximum Gasteiger partial charge on any atom is 0.413 e. The Morgan fingerprint density at radius 1 is 1.14 bits per heavy atom. The Morgan fingerprint density at radius 3 is 2.54 bits per heavy atom. The summed E-state index contributed by atoms with van der Waals surface area (Å²) in [5.41, 5.74) is 0. The van der Waals surface area contributed by atoms with Crippen molar-refractivity contribution in [1.82, 2.24) is 21.3 Å². The third-order valence-corrected chi connectivity index (χ3v) is 6.48. The number of methoxy groups -OCH3 is 1. The minimum Gasteiger partial charge on any atom is -0.450 e. The molecule has 2 aliphatic heterocycles. The highest BCUT2D eigenvalue weighted by Crippen LogP contribution is 2.39. The second kappa shape index (κ2) is 11.6. The molecule has 28 heavy (non-hydrogen) atoms. The zero-order valence-electron chi connectivity index (χ0n) is 16.8. The number of piperazine rings is 1. The van der Waals surface area contributed by atoms with Crippen molar-refractivity contribution in [2.45, 2.75) is 62.4 Å². The summed E-state index contributed by atoms with van der Waals surface area (Å²) in [6, 6.07) is -0.393. The van der Waals surface area contributed by atoms with E-state index in [4.69, 9.17) is 9.47 Å². The molecule has 5 unspecified atom stereocenters. The van der Waals surface area contributed by atoms with E-state index < -0.39 is 24.0 Å². The highest BCUT2D eigenvalue weighted by molar-refractivity contribution is 8.00. The summed E-state index contributed by atoms with van der Waals surface area (Å²) in [5, 5.41) is 11.5. The van der Waals surface area contributed by atoms with Crippen molar-refractivity contribution in [3.05, 3.63) is 0 Å². The molecule has 0 aromatic rings. The number of ether oxygens (including phenoxy) is 2. The molecule has 9 nitrogen and oxygen atoms in total. The van der Waals surface area contributed by atoms with Crippen molar-refractivity contribution in [2.75, 3.05) is 26.8 Å². The normalized spacial score (nSPS) is 29.9. The summed E-state index contributed by atoms with van der Waals surface area (Å²) in [6.45, 7) is 4.97. The average molecular weight is 417 g/mol. The second-order valence-corrected chi connectivity index (χ2v) is 8.42. The molecule has 0 spiro atoms. The van der Waals surface area contributed by atoms with Gasteiger partial charge in [-0.1, -0.05) is 19.8 Å². The fraction of sp³-hybridized carbons (Fsp3) is 0.833. The minimum absolute atomic E-state index is 0.119. The van der Waals surface area contributed by atoms with E-state index in [0.717, 1.165) is 19.3 Å². The van der Waals surface area contributed by atoms with Crippen LogP contribution in [0.1, 0.15) is 39.5 Å². The van der Waals surface area contributed by atoms with Crippen molar-refractivity contribution in [3.8, 4) is 0 Å². The van der Waals surface area contributed by atoms with E-state index in [1.165, 1.54) is 0 Å². The first kappa shape index (κ1) is 22.9.